The van der Waals surface area contributed by atoms with Crippen LogP contribution >= 0.6 is 0 Å². The van der Waals surface area contributed by atoms with Crippen molar-refractivity contribution in [2.45, 2.75) is 38.1 Å². The molecule has 0 aliphatic heterocycles. The summed E-state index contributed by atoms with van der Waals surface area (Å²) in [6.45, 7) is 0.585. The molecule has 1 rings (SSSR count). The fourth-order valence-corrected chi connectivity index (χ4v) is 2.10. The summed E-state index contributed by atoms with van der Waals surface area (Å²) >= 11 is 0. The maximum absolute atomic E-state index is 11.3. The van der Waals surface area contributed by atoms with Gasteiger partial charge in [-0.2, -0.15) is 0 Å². The summed E-state index contributed by atoms with van der Waals surface area (Å²) in [6, 6.07) is 0.121. The number of carbonyl (C=O) groups excluding carboxylic acids is 2. The minimum absolute atomic E-state index is 0.121. The molecule has 1 aliphatic carbocycles. The van der Waals surface area contributed by atoms with Crippen LogP contribution < -0.4 is 16.8 Å². The molecule has 2 unspecified atom stereocenters. The molecule has 0 spiro atoms. The summed E-state index contributed by atoms with van der Waals surface area (Å²) in [5.41, 5.74) is 10.6. The zero-order valence-electron chi connectivity index (χ0n) is 8.87. The van der Waals surface area contributed by atoms with Crippen molar-refractivity contribution in [1.82, 2.24) is 5.32 Å². The molecular formula is C10H19N3O2. The number of rotatable bonds is 4. The van der Waals surface area contributed by atoms with E-state index in [4.69, 9.17) is 11.5 Å². The second-order valence-corrected chi connectivity index (χ2v) is 4.10. The molecule has 0 aromatic rings. The van der Waals surface area contributed by atoms with Gasteiger partial charge in [-0.3, -0.25) is 9.59 Å². The highest BCUT2D eigenvalue weighted by molar-refractivity contribution is 5.96. The summed E-state index contributed by atoms with van der Waals surface area (Å²) in [6.07, 6.45) is 4.06. The standard InChI is InChI=1S/C10H19N3O2/c11-6-7-3-1-2-4-8(7)13-10(15)5-9(12)14/h7-8H,1-6,11H2,(H2,12,14)(H,13,15). The lowest BCUT2D eigenvalue weighted by molar-refractivity contribution is -0.128. The van der Waals surface area contributed by atoms with E-state index in [0.29, 0.717) is 12.5 Å². The number of hydrogen-bond acceptors (Lipinski definition) is 3. The van der Waals surface area contributed by atoms with Crippen molar-refractivity contribution in [3.05, 3.63) is 0 Å². The van der Waals surface area contributed by atoms with Gasteiger partial charge in [0.05, 0.1) is 0 Å². The predicted molar refractivity (Wildman–Crippen MR) is 56.8 cm³/mol. The topological polar surface area (TPSA) is 98.2 Å². The van der Waals surface area contributed by atoms with Crippen LogP contribution in [0, 0.1) is 5.92 Å². The van der Waals surface area contributed by atoms with Crippen LogP contribution in [0.3, 0.4) is 0 Å². The van der Waals surface area contributed by atoms with Gasteiger partial charge in [0.25, 0.3) is 0 Å². The van der Waals surface area contributed by atoms with E-state index >= 15 is 0 Å². The van der Waals surface area contributed by atoms with Gasteiger partial charge in [-0.05, 0) is 25.3 Å². The van der Waals surface area contributed by atoms with E-state index in [1.807, 2.05) is 0 Å². The Morgan fingerprint density at radius 3 is 2.53 bits per heavy atom. The van der Waals surface area contributed by atoms with Gasteiger partial charge in [0.2, 0.25) is 11.8 Å². The number of carbonyl (C=O) groups is 2. The Hall–Kier alpha value is -1.10. The van der Waals surface area contributed by atoms with E-state index in [2.05, 4.69) is 5.32 Å². The van der Waals surface area contributed by atoms with Crippen molar-refractivity contribution in [3.63, 3.8) is 0 Å². The fourth-order valence-electron chi connectivity index (χ4n) is 2.10. The maximum atomic E-state index is 11.3. The molecule has 0 radical (unpaired) electrons. The van der Waals surface area contributed by atoms with Gasteiger partial charge < -0.3 is 16.8 Å². The van der Waals surface area contributed by atoms with Gasteiger partial charge in [-0.25, -0.2) is 0 Å². The van der Waals surface area contributed by atoms with Crippen molar-refractivity contribution in [1.29, 1.82) is 0 Å². The van der Waals surface area contributed by atoms with Gasteiger partial charge in [0.1, 0.15) is 6.42 Å². The average molecular weight is 213 g/mol. The fraction of sp³-hybridized carbons (Fsp3) is 0.800. The molecule has 86 valence electrons. The normalized spacial score (nSPS) is 25.9. The summed E-state index contributed by atoms with van der Waals surface area (Å²) in [4.78, 5) is 21.9. The smallest absolute Gasteiger partial charge is 0.229 e. The quantitative estimate of drug-likeness (QED) is 0.549. The van der Waals surface area contributed by atoms with E-state index in [0.717, 1.165) is 19.3 Å². The van der Waals surface area contributed by atoms with Crippen LogP contribution in [0.1, 0.15) is 32.1 Å². The first-order valence-corrected chi connectivity index (χ1v) is 5.41. The van der Waals surface area contributed by atoms with E-state index in [1.54, 1.807) is 0 Å². The van der Waals surface area contributed by atoms with Crippen molar-refractivity contribution < 1.29 is 9.59 Å². The van der Waals surface area contributed by atoms with Crippen molar-refractivity contribution in [3.8, 4) is 0 Å². The summed E-state index contributed by atoms with van der Waals surface area (Å²) in [5, 5.41) is 2.83. The SMILES string of the molecule is NCC1CCCCC1NC(=O)CC(N)=O. The molecule has 5 nitrogen and oxygen atoms in total. The molecule has 1 saturated carbocycles. The molecule has 0 aromatic heterocycles. The van der Waals surface area contributed by atoms with E-state index in [9.17, 15) is 9.59 Å². The molecule has 5 heteroatoms. The third kappa shape index (κ3) is 3.87. The molecule has 0 bridgehead atoms. The van der Waals surface area contributed by atoms with E-state index in [-0.39, 0.29) is 18.4 Å². The highest BCUT2D eigenvalue weighted by Crippen LogP contribution is 2.23. The Morgan fingerprint density at radius 2 is 1.93 bits per heavy atom. The summed E-state index contributed by atoms with van der Waals surface area (Å²) in [5.74, 6) is -0.531. The van der Waals surface area contributed by atoms with Crippen LogP contribution in [0.2, 0.25) is 0 Å². The number of hydrogen-bond donors (Lipinski definition) is 3. The third-order valence-electron chi connectivity index (χ3n) is 2.89. The lowest BCUT2D eigenvalue weighted by atomic mass is 9.84. The zero-order valence-corrected chi connectivity index (χ0v) is 8.87. The Bertz CT molecular complexity index is 243. The predicted octanol–water partition coefficient (Wildman–Crippen LogP) is -0.504. The Labute approximate surface area is 89.6 Å². The summed E-state index contributed by atoms with van der Waals surface area (Å²) < 4.78 is 0. The van der Waals surface area contributed by atoms with Crippen molar-refractivity contribution in [2.75, 3.05) is 6.54 Å². The van der Waals surface area contributed by atoms with Gasteiger partial charge in [-0.15, -0.1) is 0 Å². The van der Waals surface area contributed by atoms with Crippen LogP contribution in [0.5, 0.6) is 0 Å². The highest BCUT2D eigenvalue weighted by atomic mass is 16.2. The average Bonchev–Trinajstić information content (AvgIpc) is 2.17. The first-order valence-electron chi connectivity index (χ1n) is 5.41. The molecule has 0 saturated heterocycles. The molecular weight excluding hydrogens is 194 g/mol. The van der Waals surface area contributed by atoms with E-state index in [1.165, 1.54) is 6.42 Å². The third-order valence-corrected chi connectivity index (χ3v) is 2.89. The zero-order chi connectivity index (χ0) is 11.3. The number of nitrogens with one attached hydrogen (secondary N) is 1. The Kier molecular flexibility index (Phi) is 4.55. The number of amides is 2. The second kappa shape index (κ2) is 5.70. The first-order chi connectivity index (χ1) is 7.13. The largest absolute Gasteiger partial charge is 0.369 e. The van der Waals surface area contributed by atoms with Gasteiger partial charge in [-0.1, -0.05) is 12.8 Å². The molecule has 0 heterocycles. The highest BCUT2D eigenvalue weighted by Gasteiger charge is 2.25. The molecule has 15 heavy (non-hydrogen) atoms. The lowest BCUT2D eigenvalue weighted by Gasteiger charge is -2.31. The van der Waals surface area contributed by atoms with E-state index < -0.39 is 5.91 Å². The van der Waals surface area contributed by atoms with Gasteiger partial charge in [0.15, 0.2) is 0 Å². The molecule has 1 fully saturated rings. The van der Waals surface area contributed by atoms with Crippen LogP contribution in [-0.2, 0) is 9.59 Å². The minimum atomic E-state index is -0.590. The van der Waals surface area contributed by atoms with Crippen LogP contribution in [-0.4, -0.2) is 24.4 Å². The number of primary amides is 1. The minimum Gasteiger partial charge on any atom is -0.369 e. The van der Waals surface area contributed by atoms with Crippen LogP contribution in [0.25, 0.3) is 0 Å². The summed E-state index contributed by atoms with van der Waals surface area (Å²) in [7, 11) is 0. The molecule has 5 N–H and O–H groups in total. The van der Waals surface area contributed by atoms with Crippen molar-refractivity contribution in [2.24, 2.45) is 17.4 Å². The molecule has 2 atom stereocenters. The Balaban J connectivity index is 2.40. The van der Waals surface area contributed by atoms with Crippen molar-refractivity contribution >= 4 is 11.8 Å². The van der Waals surface area contributed by atoms with Gasteiger partial charge >= 0.3 is 0 Å². The van der Waals surface area contributed by atoms with Crippen LogP contribution in [0.15, 0.2) is 0 Å². The second-order valence-electron chi connectivity index (χ2n) is 4.10. The molecule has 2 amide bonds. The lowest BCUT2D eigenvalue weighted by Crippen LogP contribution is -2.45. The molecule has 0 aromatic carbocycles. The van der Waals surface area contributed by atoms with Gasteiger partial charge in [0, 0.05) is 6.04 Å². The molecule has 1 aliphatic rings. The maximum Gasteiger partial charge on any atom is 0.229 e. The monoisotopic (exact) mass is 213 g/mol. The first kappa shape index (κ1) is 12.0. The Morgan fingerprint density at radius 1 is 1.27 bits per heavy atom. The number of nitrogens with two attached hydrogens (primary N) is 2. The van der Waals surface area contributed by atoms with Crippen LogP contribution in [0.4, 0.5) is 0 Å².